The van der Waals surface area contributed by atoms with Crippen molar-refractivity contribution in [2.45, 2.75) is 37.9 Å². The Balaban J connectivity index is 2.04. The lowest BCUT2D eigenvalue weighted by Crippen LogP contribution is -2.36. The molecular weight excluding hydrogens is 346 g/mol. The number of sulfone groups is 1. The molecule has 0 aliphatic rings. The summed E-state index contributed by atoms with van der Waals surface area (Å²) in [7, 11) is -3.24. The molecule has 0 bridgehead atoms. The molecule has 4 nitrogen and oxygen atoms in total. The van der Waals surface area contributed by atoms with E-state index in [4.69, 9.17) is 0 Å². The smallest absolute Gasteiger partial charge is 0.220 e. The minimum Gasteiger partial charge on any atom is -0.355 e. The molecule has 0 heterocycles. The molecule has 2 aromatic carbocycles. The second-order valence-corrected chi connectivity index (χ2v) is 10.2. The van der Waals surface area contributed by atoms with Gasteiger partial charge < -0.3 is 5.32 Å². The lowest BCUT2D eigenvalue weighted by atomic mass is 9.88. The summed E-state index contributed by atoms with van der Waals surface area (Å²) in [6.45, 7) is 5.15. The molecule has 140 valence electrons. The van der Waals surface area contributed by atoms with E-state index in [-0.39, 0.29) is 30.5 Å². The van der Waals surface area contributed by atoms with Gasteiger partial charge in [-0.05, 0) is 31.9 Å². The summed E-state index contributed by atoms with van der Waals surface area (Å²) in [6, 6.07) is 19.8. The lowest BCUT2D eigenvalue weighted by molar-refractivity contribution is -0.121. The fraction of sp³-hybridized carbons (Fsp3) is 0.381. The standard InChI is InChI=1S/C21H27NO3S/c1-21(2,3)26(24,25)15-14-22-20(23)16-19(17-10-6-4-7-11-17)18-12-8-5-9-13-18/h4-13,19H,14-16H2,1-3H3,(H,22,23). The molecule has 0 aliphatic carbocycles. The molecule has 0 radical (unpaired) electrons. The zero-order valence-electron chi connectivity index (χ0n) is 15.6. The third-order valence-electron chi connectivity index (χ3n) is 4.42. The van der Waals surface area contributed by atoms with E-state index in [1.807, 2.05) is 60.7 Å². The van der Waals surface area contributed by atoms with Gasteiger partial charge in [0.25, 0.3) is 0 Å². The molecule has 1 N–H and O–H groups in total. The van der Waals surface area contributed by atoms with Gasteiger partial charge in [0.05, 0.1) is 10.5 Å². The second-order valence-electron chi connectivity index (χ2n) is 7.36. The van der Waals surface area contributed by atoms with Crippen LogP contribution in [0.25, 0.3) is 0 Å². The average molecular weight is 374 g/mol. The normalized spacial score (nSPS) is 12.2. The van der Waals surface area contributed by atoms with Gasteiger partial charge in [-0.15, -0.1) is 0 Å². The van der Waals surface area contributed by atoms with Gasteiger partial charge in [-0.1, -0.05) is 60.7 Å². The monoisotopic (exact) mass is 373 g/mol. The Labute approximate surface area is 156 Å². The summed E-state index contributed by atoms with van der Waals surface area (Å²) in [5.74, 6) is -0.257. The number of carbonyl (C=O) groups is 1. The predicted octanol–water partition coefficient (Wildman–Crippen LogP) is 3.54. The van der Waals surface area contributed by atoms with E-state index in [0.29, 0.717) is 0 Å². The van der Waals surface area contributed by atoms with Crippen molar-refractivity contribution in [1.82, 2.24) is 5.32 Å². The Morgan fingerprint density at radius 2 is 1.38 bits per heavy atom. The van der Waals surface area contributed by atoms with Crippen molar-refractivity contribution in [2.24, 2.45) is 0 Å². The molecule has 26 heavy (non-hydrogen) atoms. The zero-order valence-corrected chi connectivity index (χ0v) is 16.4. The molecule has 2 aromatic rings. The van der Waals surface area contributed by atoms with Crippen LogP contribution in [0.1, 0.15) is 44.2 Å². The van der Waals surface area contributed by atoms with Crippen LogP contribution < -0.4 is 5.32 Å². The van der Waals surface area contributed by atoms with E-state index in [9.17, 15) is 13.2 Å². The fourth-order valence-electron chi connectivity index (χ4n) is 2.69. The van der Waals surface area contributed by atoms with Crippen LogP contribution in [0.5, 0.6) is 0 Å². The van der Waals surface area contributed by atoms with Crippen molar-refractivity contribution in [3.8, 4) is 0 Å². The fourth-order valence-corrected chi connectivity index (χ4v) is 3.67. The van der Waals surface area contributed by atoms with Gasteiger partial charge in [-0.3, -0.25) is 4.79 Å². The first-order valence-electron chi connectivity index (χ1n) is 8.79. The highest BCUT2D eigenvalue weighted by molar-refractivity contribution is 7.92. The first-order chi connectivity index (χ1) is 12.2. The zero-order chi connectivity index (χ0) is 19.2. The minimum absolute atomic E-state index is 0.0520. The van der Waals surface area contributed by atoms with E-state index < -0.39 is 14.6 Å². The highest BCUT2D eigenvalue weighted by Crippen LogP contribution is 2.27. The van der Waals surface area contributed by atoms with Crippen LogP contribution in [-0.4, -0.2) is 31.4 Å². The molecule has 0 unspecified atom stereocenters. The van der Waals surface area contributed by atoms with Crippen molar-refractivity contribution in [3.63, 3.8) is 0 Å². The summed E-state index contributed by atoms with van der Waals surface area (Å²) in [6.07, 6.45) is 0.281. The number of nitrogens with one attached hydrogen (secondary N) is 1. The summed E-state index contributed by atoms with van der Waals surface area (Å²) in [4.78, 5) is 12.4. The maximum Gasteiger partial charge on any atom is 0.220 e. The van der Waals surface area contributed by atoms with Crippen LogP contribution in [0, 0.1) is 0 Å². The number of rotatable bonds is 7. The van der Waals surface area contributed by atoms with Gasteiger partial charge in [-0.25, -0.2) is 8.42 Å². The maximum absolute atomic E-state index is 12.4. The van der Waals surface area contributed by atoms with Crippen molar-refractivity contribution in [2.75, 3.05) is 12.3 Å². The Morgan fingerprint density at radius 3 is 1.81 bits per heavy atom. The van der Waals surface area contributed by atoms with Gasteiger partial charge in [0.1, 0.15) is 0 Å². The summed E-state index contributed by atoms with van der Waals surface area (Å²) in [5, 5.41) is 2.76. The Hall–Kier alpha value is -2.14. The van der Waals surface area contributed by atoms with Crippen molar-refractivity contribution in [1.29, 1.82) is 0 Å². The summed E-state index contributed by atoms with van der Waals surface area (Å²) in [5.41, 5.74) is 2.13. The molecule has 0 atom stereocenters. The molecule has 0 spiro atoms. The number of hydrogen-bond acceptors (Lipinski definition) is 3. The molecule has 0 aliphatic heterocycles. The second kappa shape index (κ2) is 8.49. The highest BCUT2D eigenvalue weighted by Gasteiger charge is 2.28. The first kappa shape index (κ1) is 20.2. The Morgan fingerprint density at radius 1 is 0.923 bits per heavy atom. The van der Waals surface area contributed by atoms with E-state index in [0.717, 1.165) is 11.1 Å². The van der Waals surface area contributed by atoms with Crippen LogP contribution in [-0.2, 0) is 14.6 Å². The molecule has 0 saturated heterocycles. The first-order valence-corrected chi connectivity index (χ1v) is 10.4. The summed E-state index contributed by atoms with van der Waals surface area (Å²) >= 11 is 0. The third-order valence-corrected chi connectivity index (χ3v) is 7.03. The van der Waals surface area contributed by atoms with Crippen LogP contribution >= 0.6 is 0 Å². The molecule has 0 saturated carbocycles. The number of benzene rings is 2. The van der Waals surface area contributed by atoms with Gasteiger partial charge >= 0.3 is 0 Å². The SMILES string of the molecule is CC(C)(C)S(=O)(=O)CCNC(=O)CC(c1ccccc1)c1ccccc1. The molecular formula is C21H27NO3S. The number of hydrogen-bond donors (Lipinski definition) is 1. The van der Waals surface area contributed by atoms with Crippen molar-refractivity contribution in [3.05, 3.63) is 71.8 Å². The van der Waals surface area contributed by atoms with E-state index in [1.54, 1.807) is 20.8 Å². The molecule has 0 aromatic heterocycles. The summed E-state index contributed by atoms with van der Waals surface area (Å²) < 4.78 is 23.5. The van der Waals surface area contributed by atoms with Gasteiger partial charge in [0.2, 0.25) is 5.91 Å². The van der Waals surface area contributed by atoms with Crippen molar-refractivity contribution < 1.29 is 13.2 Å². The van der Waals surface area contributed by atoms with E-state index >= 15 is 0 Å². The van der Waals surface area contributed by atoms with Crippen molar-refractivity contribution >= 4 is 15.7 Å². The largest absolute Gasteiger partial charge is 0.355 e. The topological polar surface area (TPSA) is 63.2 Å². The Kier molecular flexibility index (Phi) is 6.59. The average Bonchev–Trinajstić information content (AvgIpc) is 2.60. The van der Waals surface area contributed by atoms with Crippen LogP contribution in [0.15, 0.2) is 60.7 Å². The highest BCUT2D eigenvalue weighted by atomic mass is 32.2. The number of carbonyl (C=O) groups excluding carboxylic acids is 1. The molecule has 2 rings (SSSR count). The van der Waals surface area contributed by atoms with E-state index in [1.165, 1.54) is 0 Å². The van der Waals surface area contributed by atoms with Gasteiger partial charge in [0, 0.05) is 18.9 Å². The van der Waals surface area contributed by atoms with Crippen LogP contribution in [0.4, 0.5) is 0 Å². The number of amides is 1. The lowest BCUT2D eigenvalue weighted by Gasteiger charge is -2.20. The van der Waals surface area contributed by atoms with E-state index in [2.05, 4.69) is 5.32 Å². The van der Waals surface area contributed by atoms with Gasteiger partial charge in [-0.2, -0.15) is 0 Å². The minimum atomic E-state index is -3.24. The quantitative estimate of drug-likeness (QED) is 0.807. The Bertz CT molecular complexity index is 770. The molecule has 1 amide bonds. The van der Waals surface area contributed by atoms with Crippen LogP contribution in [0.2, 0.25) is 0 Å². The van der Waals surface area contributed by atoms with Crippen LogP contribution in [0.3, 0.4) is 0 Å². The molecule has 0 fully saturated rings. The van der Waals surface area contributed by atoms with Gasteiger partial charge in [0.15, 0.2) is 9.84 Å². The maximum atomic E-state index is 12.4. The predicted molar refractivity (Wildman–Crippen MR) is 106 cm³/mol. The molecule has 5 heteroatoms. The third kappa shape index (κ3) is 5.43.